The van der Waals surface area contributed by atoms with Crippen LogP contribution in [0.15, 0.2) is 75.0 Å². The summed E-state index contributed by atoms with van der Waals surface area (Å²) in [5.41, 5.74) is -0.294. The molecule has 0 amide bonds. The molecule has 1 N–H and O–H groups in total. The molecule has 0 saturated carbocycles. The van der Waals surface area contributed by atoms with Crippen molar-refractivity contribution in [1.82, 2.24) is 9.66 Å². The van der Waals surface area contributed by atoms with Crippen molar-refractivity contribution in [2.24, 2.45) is 5.10 Å². The Kier molecular flexibility index (Phi) is 6.92. The van der Waals surface area contributed by atoms with Crippen molar-refractivity contribution in [2.45, 2.75) is 13.0 Å². The van der Waals surface area contributed by atoms with Gasteiger partial charge in [-0.25, -0.2) is 9.78 Å². The fraction of sp³-hybridized carbons (Fsp3) is 0.111. The van der Waals surface area contributed by atoms with Gasteiger partial charge in [-0.05, 0) is 43.3 Å². The summed E-state index contributed by atoms with van der Waals surface area (Å²) in [5, 5.41) is 26.2. The zero-order valence-corrected chi connectivity index (χ0v) is 21.7. The molecule has 202 valence electrons. The Hall–Kier alpha value is -5.23. The van der Waals surface area contributed by atoms with Gasteiger partial charge in [0.25, 0.3) is 5.56 Å². The Bertz CT molecular complexity index is 1900. The molecule has 13 heteroatoms. The molecule has 0 aliphatic carbocycles. The summed E-state index contributed by atoms with van der Waals surface area (Å²) in [5.74, 6) is -0.940. The number of hydrogen-bond acceptors (Lipinski definition) is 9. The fourth-order valence-corrected chi connectivity index (χ4v) is 4.24. The summed E-state index contributed by atoms with van der Waals surface area (Å²) in [6, 6.07) is 15.9. The number of aliphatic carboxylic acids is 1. The SMILES string of the molecule is COc1cccc2oc(-c3nc4ccccc4c(=O)n3N=Cc3cc(Cl)cc([N+](=O)[O-])c3O[C@H](C)C(=O)O)cc12. The topological polar surface area (TPSA) is 159 Å². The van der Waals surface area contributed by atoms with Crippen LogP contribution in [0.1, 0.15) is 12.5 Å². The van der Waals surface area contributed by atoms with Crippen LogP contribution in [0.3, 0.4) is 0 Å². The smallest absolute Gasteiger partial charge is 0.344 e. The molecule has 0 saturated heterocycles. The van der Waals surface area contributed by atoms with E-state index in [1.807, 2.05) is 0 Å². The first-order valence-corrected chi connectivity index (χ1v) is 12.1. The van der Waals surface area contributed by atoms with Gasteiger partial charge in [-0.3, -0.25) is 14.9 Å². The number of halogens is 1. The highest BCUT2D eigenvalue weighted by atomic mass is 35.5. The maximum atomic E-state index is 13.6. The van der Waals surface area contributed by atoms with Gasteiger partial charge in [0.2, 0.25) is 11.6 Å². The normalized spacial score (nSPS) is 12.2. The molecule has 0 bridgehead atoms. The number of carboxylic acids is 1. The van der Waals surface area contributed by atoms with Crippen LogP contribution >= 0.6 is 11.6 Å². The Morgan fingerprint density at radius 1 is 1.20 bits per heavy atom. The second-order valence-electron chi connectivity index (χ2n) is 8.50. The molecular formula is C27H19ClN4O8. The van der Waals surface area contributed by atoms with E-state index in [1.165, 1.54) is 20.1 Å². The standard InChI is InChI=1S/C27H19ClN4O8/c1-14(27(34)35)39-24-15(10-16(28)11-20(24)32(36)37)13-29-31-25(30-19-7-4-3-6-17(19)26(31)33)23-12-18-21(38-2)8-5-9-22(18)40-23/h3-14H,1-2H3,(H,34,35)/t14-/m1/s1. The number of carboxylic acid groups (broad SMARTS) is 1. The molecule has 5 aromatic rings. The minimum absolute atomic E-state index is 0.0305. The molecule has 0 aliphatic heterocycles. The number of para-hydroxylation sites is 1. The minimum Gasteiger partial charge on any atom is -0.496 e. The number of carbonyl (C=O) groups is 1. The number of ether oxygens (including phenoxy) is 2. The number of fused-ring (bicyclic) bond motifs is 2. The highest BCUT2D eigenvalue weighted by Crippen LogP contribution is 2.35. The first-order chi connectivity index (χ1) is 19.2. The Morgan fingerprint density at radius 3 is 2.70 bits per heavy atom. The number of hydrogen-bond donors (Lipinski definition) is 1. The molecule has 2 heterocycles. The zero-order chi connectivity index (χ0) is 28.6. The van der Waals surface area contributed by atoms with Crippen molar-refractivity contribution >= 4 is 51.3 Å². The number of nitrogens with zero attached hydrogens (tertiary/aromatic N) is 4. The second kappa shape index (κ2) is 10.5. The van der Waals surface area contributed by atoms with Crippen molar-refractivity contribution < 1.29 is 28.7 Å². The highest BCUT2D eigenvalue weighted by Gasteiger charge is 2.25. The molecular weight excluding hydrogens is 544 g/mol. The van der Waals surface area contributed by atoms with Gasteiger partial charge in [0, 0.05) is 16.7 Å². The summed E-state index contributed by atoms with van der Waals surface area (Å²) >= 11 is 6.11. The van der Waals surface area contributed by atoms with Crippen molar-refractivity contribution in [3.05, 3.63) is 91.7 Å². The van der Waals surface area contributed by atoms with E-state index in [1.54, 1.807) is 48.5 Å². The number of nitro benzene ring substituents is 1. The van der Waals surface area contributed by atoms with E-state index in [0.717, 1.165) is 17.0 Å². The second-order valence-corrected chi connectivity index (χ2v) is 8.93. The quantitative estimate of drug-likeness (QED) is 0.154. The van der Waals surface area contributed by atoms with E-state index in [2.05, 4.69) is 10.1 Å². The van der Waals surface area contributed by atoms with E-state index in [-0.39, 0.29) is 33.3 Å². The summed E-state index contributed by atoms with van der Waals surface area (Å²) in [6.07, 6.45) is -0.328. The van der Waals surface area contributed by atoms with Gasteiger partial charge in [-0.15, -0.1) is 0 Å². The molecule has 40 heavy (non-hydrogen) atoms. The van der Waals surface area contributed by atoms with Gasteiger partial charge in [0.05, 0.1) is 34.5 Å². The number of aromatic nitrogens is 2. The zero-order valence-electron chi connectivity index (χ0n) is 20.9. The lowest BCUT2D eigenvalue weighted by Crippen LogP contribution is -2.24. The number of furan rings is 1. The molecule has 0 fully saturated rings. The average molecular weight is 563 g/mol. The lowest BCUT2D eigenvalue weighted by atomic mass is 10.2. The largest absolute Gasteiger partial charge is 0.496 e. The van der Waals surface area contributed by atoms with Gasteiger partial charge in [0.1, 0.15) is 11.3 Å². The maximum absolute atomic E-state index is 13.6. The van der Waals surface area contributed by atoms with Crippen LogP contribution in [-0.2, 0) is 4.79 Å². The third-order valence-corrected chi connectivity index (χ3v) is 6.15. The van der Waals surface area contributed by atoms with Gasteiger partial charge in [-0.2, -0.15) is 9.78 Å². The van der Waals surface area contributed by atoms with Gasteiger partial charge >= 0.3 is 11.7 Å². The predicted octanol–water partition coefficient (Wildman–Crippen LogP) is 5.11. The summed E-state index contributed by atoms with van der Waals surface area (Å²) < 4.78 is 17.8. The summed E-state index contributed by atoms with van der Waals surface area (Å²) in [7, 11) is 1.52. The number of benzene rings is 3. The van der Waals surface area contributed by atoms with E-state index in [4.69, 9.17) is 25.5 Å². The Morgan fingerprint density at radius 2 is 1.98 bits per heavy atom. The van der Waals surface area contributed by atoms with Crippen LogP contribution in [0.2, 0.25) is 5.02 Å². The van der Waals surface area contributed by atoms with Gasteiger partial charge < -0.3 is 19.0 Å². The highest BCUT2D eigenvalue weighted by molar-refractivity contribution is 6.31. The fourth-order valence-electron chi connectivity index (χ4n) is 4.02. The van der Waals surface area contributed by atoms with Crippen LogP contribution in [0.4, 0.5) is 5.69 Å². The third-order valence-electron chi connectivity index (χ3n) is 5.93. The molecule has 0 aliphatic rings. The van der Waals surface area contributed by atoms with Crippen molar-refractivity contribution in [3.63, 3.8) is 0 Å². The Labute approximate surface area is 229 Å². The van der Waals surface area contributed by atoms with E-state index in [0.29, 0.717) is 22.2 Å². The Balaban J connectivity index is 1.74. The van der Waals surface area contributed by atoms with E-state index < -0.39 is 28.2 Å². The average Bonchev–Trinajstić information content (AvgIpc) is 3.37. The lowest BCUT2D eigenvalue weighted by molar-refractivity contribution is -0.386. The number of nitro groups is 1. The van der Waals surface area contributed by atoms with E-state index >= 15 is 0 Å². The molecule has 5 rings (SSSR count). The molecule has 12 nitrogen and oxygen atoms in total. The molecule has 3 aromatic carbocycles. The van der Waals surface area contributed by atoms with Crippen molar-refractivity contribution in [2.75, 3.05) is 7.11 Å². The van der Waals surface area contributed by atoms with Gasteiger partial charge in [-0.1, -0.05) is 29.8 Å². The molecule has 0 radical (unpaired) electrons. The van der Waals surface area contributed by atoms with Crippen LogP contribution < -0.4 is 15.0 Å². The number of methoxy groups -OCH3 is 1. The molecule has 0 spiro atoms. The van der Waals surface area contributed by atoms with Crippen LogP contribution in [-0.4, -0.2) is 45.1 Å². The van der Waals surface area contributed by atoms with Crippen LogP contribution in [0, 0.1) is 10.1 Å². The van der Waals surface area contributed by atoms with Crippen molar-refractivity contribution in [3.8, 4) is 23.1 Å². The molecule has 1 atom stereocenters. The van der Waals surface area contributed by atoms with Crippen LogP contribution in [0.5, 0.6) is 11.5 Å². The first-order valence-electron chi connectivity index (χ1n) is 11.7. The predicted molar refractivity (Wildman–Crippen MR) is 147 cm³/mol. The lowest BCUT2D eigenvalue weighted by Gasteiger charge is -2.13. The molecule has 2 aromatic heterocycles. The minimum atomic E-state index is -1.43. The maximum Gasteiger partial charge on any atom is 0.344 e. The third kappa shape index (κ3) is 4.83. The van der Waals surface area contributed by atoms with Gasteiger partial charge in [0.15, 0.2) is 11.9 Å². The van der Waals surface area contributed by atoms with E-state index in [9.17, 15) is 24.8 Å². The van der Waals surface area contributed by atoms with Crippen LogP contribution in [0.25, 0.3) is 33.5 Å². The first kappa shape index (κ1) is 26.4. The summed E-state index contributed by atoms with van der Waals surface area (Å²) in [6.45, 7) is 1.22. The number of rotatable bonds is 8. The molecule has 0 unspecified atom stereocenters. The monoisotopic (exact) mass is 562 g/mol. The summed E-state index contributed by atoms with van der Waals surface area (Å²) in [4.78, 5) is 40.5. The van der Waals surface area contributed by atoms with Crippen molar-refractivity contribution in [1.29, 1.82) is 0 Å².